The molecule has 2 aromatic carbocycles. The van der Waals surface area contributed by atoms with E-state index in [4.69, 9.17) is 9.47 Å². The lowest BCUT2D eigenvalue weighted by Gasteiger charge is -2.13. The molecule has 2 aromatic rings. The van der Waals surface area contributed by atoms with Gasteiger partial charge in [0.15, 0.2) is 6.61 Å². The maximum absolute atomic E-state index is 12.2. The van der Waals surface area contributed by atoms with Gasteiger partial charge in [-0.3, -0.25) is 13.8 Å². The third-order valence-corrected chi connectivity index (χ3v) is 4.52. The van der Waals surface area contributed by atoms with E-state index >= 15 is 0 Å². The number of carbonyl (C=O) groups is 3. The zero-order valence-corrected chi connectivity index (χ0v) is 16.4. The Morgan fingerprint density at radius 3 is 2.43 bits per heavy atom. The summed E-state index contributed by atoms with van der Waals surface area (Å²) in [6.45, 7) is 0.820. The third-order valence-electron chi connectivity index (χ3n) is 3.54. The first kappa shape index (κ1) is 21.1. The minimum absolute atomic E-state index is 0.140. The summed E-state index contributed by atoms with van der Waals surface area (Å²) < 4.78 is 21.9. The van der Waals surface area contributed by atoms with Gasteiger partial charge in [0.2, 0.25) is 5.91 Å². The summed E-state index contributed by atoms with van der Waals surface area (Å²) in [6.07, 6.45) is 1.45. The van der Waals surface area contributed by atoms with E-state index in [0.29, 0.717) is 22.0 Å². The van der Waals surface area contributed by atoms with Gasteiger partial charge in [0.25, 0.3) is 5.91 Å². The molecule has 28 heavy (non-hydrogen) atoms. The number of benzene rings is 2. The lowest BCUT2D eigenvalue weighted by molar-refractivity contribution is -0.119. The van der Waals surface area contributed by atoms with Gasteiger partial charge in [-0.05, 0) is 30.3 Å². The minimum Gasteiger partial charge on any atom is -0.495 e. The Morgan fingerprint density at radius 1 is 1.07 bits per heavy atom. The van der Waals surface area contributed by atoms with Crippen molar-refractivity contribution < 1.29 is 28.1 Å². The van der Waals surface area contributed by atoms with Crippen molar-refractivity contribution in [2.24, 2.45) is 0 Å². The molecule has 2 rings (SSSR count). The monoisotopic (exact) mass is 404 g/mol. The molecule has 0 aliphatic heterocycles. The predicted octanol–water partition coefficient (Wildman–Crippen LogP) is 2.19. The number of hydrogen-bond donors (Lipinski definition) is 2. The van der Waals surface area contributed by atoms with E-state index in [-0.39, 0.29) is 11.5 Å². The Balaban J connectivity index is 2.05. The van der Waals surface area contributed by atoms with Crippen LogP contribution in [0.15, 0.2) is 47.4 Å². The summed E-state index contributed by atoms with van der Waals surface area (Å²) in [5, 5.41) is 5.17. The van der Waals surface area contributed by atoms with Crippen molar-refractivity contribution in [2.45, 2.75) is 11.8 Å². The highest BCUT2D eigenvalue weighted by Crippen LogP contribution is 2.27. The number of ether oxygens (including phenoxy) is 2. The summed E-state index contributed by atoms with van der Waals surface area (Å²) in [6, 6.07) is 11.1. The second kappa shape index (κ2) is 9.65. The van der Waals surface area contributed by atoms with Gasteiger partial charge >= 0.3 is 5.97 Å². The normalized spacial score (nSPS) is 11.2. The summed E-state index contributed by atoms with van der Waals surface area (Å²) in [7, 11) is 0.0641. The molecule has 8 nitrogen and oxygen atoms in total. The number of methoxy groups -OCH3 is 1. The van der Waals surface area contributed by atoms with Gasteiger partial charge < -0.3 is 20.1 Å². The van der Waals surface area contributed by atoms with Gasteiger partial charge in [0.1, 0.15) is 5.75 Å². The van der Waals surface area contributed by atoms with Gasteiger partial charge in [-0.15, -0.1) is 0 Å². The highest BCUT2D eigenvalue weighted by molar-refractivity contribution is 7.84. The molecular weight excluding hydrogens is 384 g/mol. The number of esters is 1. The Hall–Kier alpha value is -3.20. The van der Waals surface area contributed by atoms with Crippen LogP contribution in [-0.2, 0) is 25.1 Å². The van der Waals surface area contributed by atoms with Crippen LogP contribution in [0.2, 0.25) is 0 Å². The van der Waals surface area contributed by atoms with Crippen molar-refractivity contribution in [1.29, 1.82) is 0 Å². The standard InChI is InChI=1S/C19H20N2O6S/c1-12(22)20-13-8-9-16(26-2)15(10-13)21-18(23)11-27-19(24)14-6-4-5-7-17(14)28(3)25/h4-10H,11H2,1-3H3,(H,20,22)(H,21,23)/t28-/m1/s1. The van der Waals surface area contributed by atoms with Crippen LogP contribution in [0.3, 0.4) is 0 Å². The van der Waals surface area contributed by atoms with E-state index in [2.05, 4.69) is 10.6 Å². The van der Waals surface area contributed by atoms with Crippen LogP contribution in [-0.4, -0.2) is 42.0 Å². The first-order valence-electron chi connectivity index (χ1n) is 8.17. The average molecular weight is 404 g/mol. The Morgan fingerprint density at radius 2 is 1.79 bits per heavy atom. The molecule has 0 bridgehead atoms. The Labute approximate surface area is 164 Å². The molecule has 0 fully saturated rings. The number of nitrogens with one attached hydrogen (secondary N) is 2. The fourth-order valence-electron chi connectivity index (χ4n) is 2.37. The average Bonchev–Trinajstić information content (AvgIpc) is 2.66. The third kappa shape index (κ3) is 5.65. The van der Waals surface area contributed by atoms with Crippen molar-refractivity contribution in [3.8, 4) is 5.75 Å². The van der Waals surface area contributed by atoms with Crippen LogP contribution in [0.1, 0.15) is 17.3 Å². The van der Waals surface area contributed by atoms with E-state index in [1.165, 1.54) is 32.4 Å². The molecular formula is C19H20N2O6S. The molecule has 0 saturated carbocycles. The van der Waals surface area contributed by atoms with E-state index in [9.17, 15) is 18.6 Å². The van der Waals surface area contributed by atoms with Crippen molar-refractivity contribution in [1.82, 2.24) is 0 Å². The van der Waals surface area contributed by atoms with Crippen LogP contribution in [0.4, 0.5) is 11.4 Å². The van der Waals surface area contributed by atoms with Gasteiger partial charge in [-0.25, -0.2) is 4.79 Å². The quantitative estimate of drug-likeness (QED) is 0.685. The summed E-state index contributed by atoms with van der Waals surface area (Å²) in [5.41, 5.74) is 0.922. The van der Waals surface area contributed by atoms with E-state index in [0.717, 1.165) is 0 Å². The first-order chi connectivity index (χ1) is 13.3. The first-order valence-corrected chi connectivity index (χ1v) is 9.72. The van der Waals surface area contributed by atoms with Crippen molar-refractivity contribution >= 4 is 40.0 Å². The minimum atomic E-state index is -1.37. The molecule has 2 amide bonds. The second-order valence-corrected chi connectivity index (χ2v) is 7.02. The maximum atomic E-state index is 12.2. The van der Waals surface area contributed by atoms with Crippen molar-refractivity contribution in [3.63, 3.8) is 0 Å². The van der Waals surface area contributed by atoms with Gasteiger partial charge in [0.05, 0.1) is 34.1 Å². The van der Waals surface area contributed by atoms with Crippen LogP contribution < -0.4 is 15.4 Å². The molecule has 1 atom stereocenters. The molecule has 0 aromatic heterocycles. The number of rotatable bonds is 7. The SMILES string of the molecule is COc1ccc(NC(C)=O)cc1NC(=O)COC(=O)c1ccccc1[S@@](C)=O. The zero-order valence-electron chi connectivity index (χ0n) is 15.6. The molecule has 0 unspecified atom stereocenters. The molecule has 9 heteroatoms. The van der Waals surface area contributed by atoms with E-state index in [1.54, 1.807) is 30.3 Å². The smallest absolute Gasteiger partial charge is 0.339 e. The topological polar surface area (TPSA) is 111 Å². The molecule has 0 aliphatic carbocycles. The lowest BCUT2D eigenvalue weighted by Crippen LogP contribution is -2.22. The van der Waals surface area contributed by atoms with Crippen molar-refractivity contribution in [2.75, 3.05) is 30.6 Å². The second-order valence-electron chi connectivity index (χ2n) is 5.67. The van der Waals surface area contributed by atoms with Crippen LogP contribution in [0, 0.1) is 0 Å². The van der Waals surface area contributed by atoms with Crippen LogP contribution in [0.5, 0.6) is 5.75 Å². The molecule has 0 radical (unpaired) electrons. The van der Waals surface area contributed by atoms with Gasteiger partial charge in [-0.1, -0.05) is 12.1 Å². The number of carbonyl (C=O) groups excluding carboxylic acids is 3. The fourth-order valence-corrected chi connectivity index (χ4v) is 3.10. The van der Waals surface area contributed by atoms with Gasteiger partial charge in [-0.2, -0.15) is 0 Å². The maximum Gasteiger partial charge on any atom is 0.339 e. The zero-order chi connectivity index (χ0) is 20.7. The largest absolute Gasteiger partial charge is 0.495 e. The predicted molar refractivity (Wildman–Crippen MR) is 105 cm³/mol. The fraction of sp³-hybridized carbons (Fsp3) is 0.211. The number of amides is 2. The molecule has 0 spiro atoms. The molecule has 0 heterocycles. The van der Waals surface area contributed by atoms with Crippen LogP contribution >= 0.6 is 0 Å². The Bertz CT molecular complexity index is 928. The van der Waals surface area contributed by atoms with Crippen molar-refractivity contribution in [3.05, 3.63) is 48.0 Å². The van der Waals surface area contributed by atoms with E-state index < -0.39 is 29.3 Å². The summed E-state index contributed by atoms with van der Waals surface area (Å²) in [5.74, 6) is -1.23. The molecule has 0 aliphatic rings. The highest BCUT2D eigenvalue weighted by Gasteiger charge is 2.17. The molecule has 148 valence electrons. The number of hydrogen-bond acceptors (Lipinski definition) is 6. The highest BCUT2D eigenvalue weighted by atomic mass is 32.2. The summed E-state index contributed by atoms with van der Waals surface area (Å²) >= 11 is 0. The number of anilines is 2. The van der Waals surface area contributed by atoms with Gasteiger partial charge in [0, 0.05) is 18.9 Å². The molecule has 2 N–H and O–H groups in total. The Kier molecular flexibility index (Phi) is 7.28. The van der Waals surface area contributed by atoms with Crippen LogP contribution in [0.25, 0.3) is 0 Å². The lowest BCUT2D eigenvalue weighted by atomic mass is 10.2. The molecule has 0 saturated heterocycles. The van der Waals surface area contributed by atoms with E-state index in [1.807, 2.05) is 0 Å². The summed E-state index contributed by atoms with van der Waals surface area (Å²) in [4.78, 5) is 35.9.